The van der Waals surface area contributed by atoms with Crippen LogP contribution in [0.4, 0.5) is 10.5 Å². The zero-order chi connectivity index (χ0) is 17.3. The Hall–Kier alpha value is -2.82. The lowest BCUT2D eigenvalue weighted by atomic mass is 9.95. The molecule has 1 aliphatic heterocycles. The van der Waals surface area contributed by atoms with Gasteiger partial charge in [0.05, 0.1) is 0 Å². The summed E-state index contributed by atoms with van der Waals surface area (Å²) in [5, 5.41) is 5.56. The van der Waals surface area contributed by atoms with Crippen molar-refractivity contribution in [2.75, 3.05) is 5.32 Å². The number of anilines is 1. The summed E-state index contributed by atoms with van der Waals surface area (Å²) in [5.41, 5.74) is 2.67. The quantitative estimate of drug-likeness (QED) is 0.836. The van der Waals surface area contributed by atoms with Gasteiger partial charge in [-0.2, -0.15) is 0 Å². The zero-order valence-electron chi connectivity index (χ0n) is 13.9. The van der Waals surface area contributed by atoms with Gasteiger partial charge >= 0.3 is 6.09 Å². The standard InChI is InChI=1S/C19H20N2O3/c1-19(2,3)24-18(23)21-16-14-10-5-4-8-12(14)13-9-6-7-11-15(13)20-17(16)22/h4-11,16H,1-3H3,(H,20,22)(H,21,23). The number of carbonyl (C=O) groups is 2. The van der Waals surface area contributed by atoms with Crippen LogP contribution in [0.5, 0.6) is 0 Å². The van der Waals surface area contributed by atoms with E-state index in [0.29, 0.717) is 0 Å². The zero-order valence-corrected chi connectivity index (χ0v) is 13.9. The summed E-state index contributed by atoms with van der Waals surface area (Å²) in [7, 11) is 0. The van der Waals surface area contributed by atoms with E-state index in [-0.39, 0.29) is 5.91 Å². The SMILES string of the molecule is CC(C)(C)OC(=O)NC1C(=O)Nc2ccccc2-c2ccccc21. The summed E-state index contributed by atoms with van der Waals surface area (Å²) in [6.07, 6.45) is -0.622. The first-order valence-corrected chi connectivity index (χ1v) is 7.84. The molecule has 0 saturated heterocycles. The van der Waals surface area contributed by atoms with Crippen LogP contribution >= 0.6 is 0 Å². The summed E-state index contributed by atoms with van der Waals surface area (Å²) in [6.45, 7) is 5.34. The fraction of sp³-hybridized carbons (Fsp3) is 0.263. The van der Waals surface area contributed by atoms with Crippen molar-refractivity contribution < 1.29 is 14.3 Å². The van der Waals surface area contributed by atoms with Gasteiger partial charge in [-0.25, -0.2) is 4.79 Å². The Balaban J connectivity index is 2.00. The Bertz CT molecular complexity index is 793. The predicted molar refractivity (Wildman–Crippen MR) is 92.6 cm³/mol. The minimum absolute atomic E-state index is 0.293. The molecule has 5 heteroatoms. The molecular weight excluding hydrogens is 304 g/mol. The number of hydrogen-bond acceptors (Lipinski definition) is 3. The second-order valence-corrected chi connectivity index (χ2v) is 6.70. The van der Waals surface area contributed by atoms with Crippen LogP contribution in [0.1, 0.15) is 32.4 Å². The number of hydrogen-bond donors (Lipinski definition) is 2. The predicted octanol–water partition coefficient (Wildman–Crippen LogP) is 3.87. The van der Waals surface area contributed by atoms with Crippen molar-refractivity contribution in [3.8, 4) is 11.1 Å². The Morgan fingerprint density at radius 3 is 2.38 bits per heavy atom. The third-order valence-electron chi connectivity index (χ3n) is 3.67. The summed E-state index contributed by atoms with van der Waals surface area (Å²) in [5.74, 6) is -0.293. The van der Waals surface area contributed by atoms with E-state index in [1.54, 1.807) is 20.8 Å². The van der Waals surface area contributed by atoms with E-state index < -0.39 is 17.7 Å². The topological polar surface area (TPSA) is 67.4 Å². The van der Waals surface area contributed by atoms with Gasteiger partial charge in [-0.3, -0.25) is 4.79 Å². The van der Waals surface area contributed by atoms with Crippen LogP contribution in [-0.2, 0) is 9.53 Å². The summed E-state index contributed by atoms with van der Waals surface area (Å²) >= 11 is 0. The van der Waals surface area contributed by atoms with Gasteiger partial charge in [0.25, 0.3) is 5.91 Å². The Labute approximate surface area is 141 Å². The van der Waals surface area contributed by atoms with E-state index in [1.165, 1.54) is 0 Å². The maximum atomic E-state index is 12.7. The van der Waals surface area contributed by atoms with Crippen molar-refractivity contribution in [1.82, 2.24) is 5.32 Å². The highest BCUT2D eigenvalue weighted by Gasteiger charge is 2.31. The molecule has 1 aliphatic rings. The van der Waals surface area contributed by atoms with Crippen LogP contribution in [0.3, 0.4) is 0 Å². The van der Waals surface area contributed by atoms with Gasteiger partial charge in [0.1, 0.15) is 11.6 Å². The molecule has 0 saturated carbocycles. The Kier molecular flexibility index (Phi) is 4.01. The van der Waals surface area contributed by atoms with Gasteiger partial charge in [-0.1, -0.05) is 42.5 Å². The molecular formula is C19H20N2O3. The molecule has 0 bridgehead atoms. The Morgan fingerprint density at radius 1 is 1.04 bits per heavy atom. The molecule has 0 spiro atoms. The van der Waals surface area contributed by atoms with Crippen LogP contribution in [-0.4, -0.2) is 17.6 Å². The lowest BCUT2D eigenvalue weighted by Gasteiger charge is -2.23. The number of fused-ring (bicyclic) bond motifs is 3. The van der Waals surface area contributed by atoms with Gasteiger partial charge in [0.15, 0.2) is 0 Å². The number of para-hydroxylation sites is 1. The highest BCUT2D eigenvalue weighted by Crippen LogP contribution is 2.37. The third kappa shape index (κ3) is 3.25. The number of alkyl carbamates (subject to hydrolysis) is 1. The normalized spacial score (nSPS) is 16.3. The van der Waals surface area contributed by atoms with Gasteiger partial charge in [0.2, 0.25) is 0 Å². The molecule has 0 fully saturated rings. The lowest BCUT2D eigenvalue weighted by molar-refractivity contribution is -0.118. The maximum Gasteiger partial charge on any atom is 0.408 e. The maximum absolute atomic E-state index is 12.7. The molecule has 2 amide bonds. The molecule has 24 heavy (non-hydrogen) atoms. The Morgan fingerprint density at radius 2 is 1.67 bits per heavy atom. The van der Waals surface area contributed by atoms with Crippen molar-refractivity contribution in [3.63, 3.8) is 0 Å². The van der Waals surface area contributed by atoms with Crippen molar-refractivity contribution in [3.05, 3.63) is 54.1 Å². The number of ether oxygens (including phenoxy) is 1. The van der Waals surface area contributed by atoms with Crippen LogP contribution in [0.15, 0.2) is 48.5 Å². The van der Waals surface area contributed by atoms with Crippen molar-refractivity contribution >= 4 is 17.7 Å². The molecule has 5 nitrogen and oxygen atoms in total. The van der Waals surface area contributed by atoms with E-state index in [4.69, 9.17) is 4.74 Å². The van der Waals surface area contributed by atoms with E-state index in [1.807, 2.05) is 48.5 Å². The highest BCUT2D eigenvalue weighted by molar-refractivity contribution is 6.04. The highest BCUT2D eigenvalue weighted by atomic mass is 16.6. The number of amides is 2. The number of carbonyl (C=O) groups excluding carboxylic acids is 2. The van der Waals surface area contributed by atoms with Crippen LogP contribution in [0, 0.1) is 0 Å². The molecule has 0 aromatic heterocycles. The first kappa shape index (κ1) is 16.1. The van der Waals surface area contributed by atoms with Crippen molar-refractivity contribution in [1.29, 1.82) is 0 Å². The van der Waals surface area contributed by atoms with Crippen LogP contribution in [0.25, 0.3) is 11.1 Å². The van der Waals surface area contributed by atoms with Crippen LogP contribution in [0.2, 0.25) is 0 Å². The average molecular weight is 324 g/mol. The van der Waals surface area contributed by atoms with Crippen molar-refractivity contribution in [2.45, 2.75) is 32.4 Å². The molecule has 1 unspecified atom stereocenters. The first-order valence-electron chi connectivity index (χ1n) is 7.84. The van der Waals surface area contributed by atoms with Gasteiger partial charge in [0, 0.05) is 11.3 Å². The molecule has 124 valence electrons. The number of benzene rings is 2. The second kappa shape index (κ2) is 6.00. The third-order valence-corrected chi connectivity index (χ3v) is 3.67. The lowest BCUT2D eigenvalue weighted by Crippen LogP contribution is -2.39. The molecule has 0 radical (unpaired) electrons. The summed E-state index contributed by atoms with van der Waals surface area (Å²) in [4.78, 5) is 24.8. The van der Waals surface area contributed by atoms with Gasteiger partial charge < -0.3 is 15.4 Å². The number of nitrogens with one attached hydrogen (secondary N) is 2. The molecule has 0 aliphatic carbocycles. The smallest absolute Gasteiger partial charge is 0.408 e. The van der Waals surface area contributed by atoms with Crippen molar-refractivity contribution in [2.24, 2.45) is 0 Å². The van der Waals surface area contributed by atoms with E-state index >= 15 is 0 Å². The minimum atomic E-state index is -0.816. The molecule has 2 N–H and O–H groups in total. The molecule has 1 heterocycles. The summed E-state index contributed by atoms with van der Waals surface area (Å²) in [6, 6.07) is 14.3. The number of rotatable bonds is 1. The van der Waals surface area contributed by atoms with E-state index in [0.717, 1.165) is 22.4 Å². The molecule has 3 rings (SSSR count). The summed E-state index contributed by atoms with van der Waals surface area (Å²) < 4.78 is 5.29. The largest absolute Gasteiger partial charge is 0.444 e. The first-order chi connectivity index (χ1) is 11.3. The van der Waals surface area contributed by atoms with Crippen LogP contribution < -0.4 is 10.6 Å². The van der Waals surface area contributed by atoms with Gasteiger partial charge in [-0.05, 0) is 38.0 Å². The molecule has 1 atom stereocenters. The average Bonchev–Trinajstić information content (AvgIpc) is 2.62. The van der Waals surface area contributed by atoms with E-state index in [2.05, 4.69) is 10.6 Å². The molecule has 2 aromatic rings. The van der Waals surface area contributed by atoms with E-state index in [9.17, 15) is 9.59 Å². The fourth-order valence-corrected chi connectivity index (χ4v) is 2.74. The minimum Gasteiger partial charge on any atom is -0.444 e. The molecule has 2 aromatic carbocycles. The van der Waals surface area contributed by atoms with Gasteiger partial charge in [-0.15, -0.1) is 0 Å². The monoisotopic (exact) mass is 324 g/mol. The second-order valence-electron chi connectivity index (χ2n) is 6.70. The fourth-order valence-electron chi connectivity index (χ4n) is 2.74.